The van der Waals surface area contributed by atoms with Crippen molar-refractivity contribution in [1.82, 2.24) is 25.5 Å². The monoisotopic (exact) mass is 467 g/mol. The molecule has 3 N–H and O–H groups in total. The molecule has 2 heterocycles. The Balaban J connectivity index is 1.36. The Morgan fingerprint density at radius 2 is 1.79 bits per heavy atom. The average Bonchev–Trinajstić information content (AvgIpc) is 3.19. The second-order valence-corrected chi connectivity index (χ2v) is 9.00. The minimum Gasteiger partial charge on any atom is -0.379 e. The number of aromatic nitrogens is 2. The van der Waals surface area contributed by atoms with Crippen LogP contribution in [0.3, 0.4) is 0 Å². The van der Waals surface area contributed by atoms with Crippen LogP contribution in [0, 0.1) is 13.8 Å². The first kappa shape index (κ1) is 23.5. The summed E-state index contributed by atoms with van der Waals surface area (Å²) in [5, 5.41) is 10.3. The molecule has 2 aromatic rings. The third-order valence-electron chi connectivity index (χ3n) is 5.83. The Labute approximate surface area is 201 Å². The fourth-order valence-electron chi connectivity index (χ4n) is 4.27. The molecule has 0 bridgehead atoms. The third kappa shape index (κ3) is 7.18. The molecule has 2 aliphatic rings. The van der Waals surface area contributed by atoms with Crippen LogP contribution in [0.15, 0.2) is 35.3 Å². The van der Waals surface area contributed by atoms with Gasteiger partial charge in [-0.15, -0.1) is 0 Å². The van der Waals surface area contributed by atoms with E-state index >= 15 is 0 Å². The second kappa shape index (κ2) is 11.5. The second-order valence-electron chi connectivity index (χ2n) is 8.60. The van der Waals surface area contributed by atoms with E-state index in [4.69, 9.17) is 21.9 Å². The lowest BCUT2D eigenvalue weighted by atomic mass is 10.1. The van der Waals surface area contributed by atoms with Gasteiger partial charge in [-0.05, 0) is 69.1 Å². The summed E-state index contributed by atoms with van der Waals surface area (Å²) in [6, 6.07) is 10.6. The van der Waals surface area contributed by atoms with Crippen molar-refractivity contribution in [3.63, 3.8) is 0 Å². The van der Waals surface area contributed by atoms with E-state index in [0.717, 1.165) is 70.0 Å². The highest BCUT2D eigenvalue weighted by atomic mass is 32.1. The van der Waals surface area contributed by atoms with Crippen LogP contribution in [-0.4, -0.2) is 71.4 Å². The van der Waals surface area contributed by atoms with Gasteiger partial charge in [-0.25, -0.2) is 15.0 Å². The van der Waals surface area contributed by atoms with Gasteiger partial charge in [0.2, 0.25) is 11.9 Å². The molecule has 1 saturated heterocycles. The number of nitrogens with zero attached hydrogens (tertiary/aromatic N) is 4. The van der Waals surface area contributed by atoms with Crippen LogP contribution in [0.1, 0.15) is 28.9 Å². The molecule has 9 heteroatoms. The number of hydrogen-bond donors (Lipinski definition) is 3. The fraction of sp³-hybridized carbons (Fsp3) is 0.500. The molecule has 0 unspecified atom stereocenters. The summed E-state index contributed by atoms with van der Waals surface area (Å²) < 4.78 is 5.41. The van der Waals surface area contributed by atoms with Gasteiger partial charge >= 0.3 is 0 Å². The summed E-state index contributed by atoms with van der Waals surface area (Å²) >= 11 is 5.56. The van der Waals surface area contributed by atoms with Crippen LogP contribution in [0.25, 0.3) is 0 Å². The highest BCUT2D eigenvalue weighted by Crippen LogP contribution is 2.23. The number of rotatable bonds is 6. The van der Waals surface area contributed by atoms with Gasteiger partial charge in [0.05, 0.1) is 19.3 Å². The number of benzene rings is 1. The number of hydrogen-bond acceptors (Lipinski definition) is 6. The first-order valence-corrected chi connectivity index (χ1v) is 12.0. The van der Waals surface area contributed by atoms with Crippen molar-refractivity contribution in [3.8, 4) is 0 Å². The Hall–Kier alpha value is -2.62. The molecule has 1 aromatic carbocycles. The molecule has 1 fully saturated rings. The van der Waals surface area contributed by atoms with Crippen LogP contribution in [0.2, 0.25) is 0 Å². The molecule has 0 radical (unpaired) electrons. The van der Waals surface area contributed by atoms with Gasteiger partial charge in [0, 0.05) is 31.0 Å². The van der Waals surface area contributed by atoms with Gasteiger partial charge in [-0.2, -0.15) is 0 Å². The van der Waals surface area contributed by atoms with E-state index in [1.54, 1.807) is 0 Å². The summed E-state index contributed by atoms with van der Waals surface area (Å²) in [6.45, 7) is 9.40. The number of ether oxygens (including phenoxy) is 1. The number of aliphatic imine (C=N–C) groups is 1. The van der Waals surface area contributed by atoms with E-state index < -0.39 is 0 Å². The van der Waals surface area contributed by atoms with E-state index in [-0.39, 0.29) is 6.04 Å². The van der Waals surface area contributed by atoms with Crippen molar-refractivity contribution in [2.75, 3.05) is 44.7 Å². The molecule has 1 aliphatic heterocycles. The summed E-state index contributed by atoms with van der Waals surface area (Å²) in [5.74, 6) is 1.09. The highest BCUT2D eigenvalue weighted by molar-refractivity contribution is 7.80. The number of anilines is 1. The summed E-state index contributed by atoms with van der Waals surface area (Å²) in [6.07, 6.45) is 2.84. The molecular formula is C24H33N7OS. The first-order chi connectivity index (χ1) is 16.0. The van der Waals surface area contributed by atoms with Crippen LogP contribution in [-0.2, 0) is 17.6 Å². The van der Waals surface area contributed by atoms with Gasteiger partial charge < -0.3 is 15.4 Å². The van der Waals surface area contributed by atoms with Crippen molar-refractivity contribution in [2.24, 2.45) is 4.99 Å². The maximum absolute atomic E-state index is 5.56. The molecule has 8 nitrogen and oxygen atoms in total. The Morgan fingerprint density at radius 1 is 1.12 bits per heavy atom. The number of thiocarbonyl (C=S) groups is 1. The van der Waals surface area contributed by atoms with Crippen LogP contribution >= 0.6 is 12.2 Å². The minimum atomic E-state index is 0.146. The van der Waals surface area contributed by atoms with Gasteiger partial charge in [0.25, 0.3) is 0 Å². The van der Waals surface area contributed by atoms with Gasteiger partial charge in [0.1, 0.15) is 0 Å². The van der Waals surface area contributed by atoms with Crippen LogP contribution < -0.4 is 16.0 Å². The zero-order chi connectivity index (χ0) is 23.0. The first-order valence-electron chi connectivity index (χ1n) is 11.6. The number of guanidine groups is 1. The van der Waals surface area contributed by atoms with Crippen molar-refractivity contribution >= 4 is 29.2 Å². The lowest BCUT2D eigenvalue weighted by Gasteiger charge is -2.26. The van der Waals surface area contributed by atoms with Crippen LogP contribution in [0.5, 0.6) is 0 Å². The fourth-order valence-corrected chi connectivity index (χ4v) is 4.47. The molecule has 1 aliphatic carbocycles. The van der Waals surface area contributed by atoms with Crippen molar-refractivity contribution < 1.29 is 4.74 Å². The van der Waals surface area contributed by atoms with Crippen molar-refractivity contribution in [2.45, 2.75) is 39.2 Å². The predicted molar refractivity (Wildman–Crippen MR) is 136 cm³/mol. The molecule has 1 aromatic heterocycles. The molecule has 4 rings (SSSR count). The number of nitrogens with one attached hydrogen (secondary N) is 3. The molecule has 0 saturated carbocycles. The van der Waals surface area contributed by atoms with E-state index in [9.17, 15) is 0 Å². The molecule has 0 atom stereocenters. The van der Waals surface area contributed by atoms with E-state index in [1.165, 1.54) is 11.1 Å². The molecular weight excluding hydrogens is 434 g/mol. The van der Waals surface area contributed by atoms with E-state index in [2.05, 4.69) is 55.1 Å². The van der Waals surface area contributed by atoms with E-state index in [0.29, 0.717) is 17.0 Å². The molecule has 0 spiro atoms. The zero-order valence-corrected chi connectivity index (χ0v) is 20.2. The van der Waals surface area contributed by atoms with Gasteiger partial charge in [-0.1, -0.05) is 24.3 Å². The van der Waals surface area contributed by atoms with E-state index in [1.807, 2.05) is 19.9 Å². The SMILES string of the molecule is Cc1cc(C)nc(NC(=NC2Cc3ccccc3C2)NC(=S)NCCCN2CCOCC2)n1. The predicted octanol–water partition coefficient (Wildman–Crippen LogP) is 2.22. The summed E-state index contributed by atoms with van der Waals surface area (Å²) in [7, 11) is 0. The topological polar surface area (TPSA) is 86.7 Å². The zero-order valence-electron chi connectivity index (χ0n) is 19.4. The normalized spacial score (nSPS) is 17.0. The maximum Gasteiger partial charge on any atom is 0.229 e. The Morgan fingerprint density at radius 3 is 2.45 bits per heavy atom. The maximum atomic E-state index is 5.56. The number of fused-ring (bicyclic) bond motifs is 1. The smallest absolute Gasteiger partial charge is 0.229 e. The standard InChI is InChI=1S/C24H33N7OS/c1-17-14-18(2)27-22(26-17)29-23(28-21-15-19-6-3-4-7-20(19)16-21)30-24(33)25-8-5-9-31-10-12-32-13-11-31/h3-4,6-7,14,21H,5,8-13,15-16H2,1-2H3,(H3,25,26,27,28,29,30,33). The highest BCUT2D eigenvalue weighted by Gasteiger charge is 2.21. The average molecular weight is 468 g/mol. The molecule has 176 valence electrons. The number of aryl methyl sites for hydroxylation is 2. The summed E-state index contributed by atoms with van der Waals surface area (Å²) in [5.41, 5.74) is 4.53. The molecule has 33 heavy (non-hydrogen) atoms. The van der Waals surface area contributed by atoms with Gasteiger partial charge in [-0.3, -0.25) is 10.2 Å². The Kier molecular flexibility index (Phi) is 8.20. The van der Waals surface area contributed by atoms with Crippen molar-refractivity contribution in [1.29, 1.82) is 0 Å². The lowest BCUT2D eigenvalue weighted by molar-refractivity contribution is 0.0376. The molecule has 0 amide bonds. The largest absolute Gasteiger partial charge is 0.379 e. The van der Waals surface area contributed by atoms with Crippen molar-refractivity contribution in [3.05, 3.63) is 52.8 Å². The minimum absolute atomic E-state index is 0.146. The number of morpholine rings is 1. The third-order valence-corrected chi connectivity index (χ3v) is 6.07. The summed E-state index contributed by atoms with van der Waals surface area (Å²) in [4.78, 5) is 16.4. The van der Waals surface area contributed by atoms with Crippen LogP contribution in [0.4, 0.5) is 5.95 Å². The Bertz CT molecular complexity index is 945. The lowest BCUT2D eigenvalue weighted by Crippen LogP contribution is -2.44. The van der Waals surface area contributed by atoms with Gasteiger partial charge in [0.15, 0.2) is 5.11 Å². The quantitative estimate of drug-likeness (QED) is 0.258.